The number of sulfone groups is 1. The Balaban J connectivity index is 1.36. The third kappa shape index (κ3) is 4.70. The van der Waals surface area contributed by atoms with Crippen LogP contribution >= 0.6 is 22.9 Å². The summed E-state index contributed by atoms with van der Waals surface area (Å²) in [6.07, 6.45) is 0.351. The van der Waals surface area contributed by atoms with Crippen LogP contribution in [0.2, 0.25) is 5.02 Å². The molecule has 10 nitrogen and oxygen atoms in total. The summed E-state index contributed by atoms with van der Waals surface area (Å²) in [6.45, 7) is 7.51. The number of rotatable bonds is 5. The number of halogens is 1. The molecule has 1 aromatic carbocycles. The van der Waals surface area contributed by atoms with Gasteiger partial charge in [-0.05, 0) is 38.5 Å². The van der Waals surface area contributed by atoms with Crippen molar-refractivity contribution in [2.24, 2.45) is 4.99 Å². The van der Waals surface area contributed by atoms with Crippen LogP contribution in [0, 0.1) is 20.8 Å². The van der Waals surface area contributed by atoms with Crippen LogP contribution < -0.4 is 0 Å². The highest BCUT2D eigenvalue weighted by molar-refractivity contribution is 7.91. The van der Waals surface area contributed by atoms with E-state index in [2.05, 4.69) is 38.8 Å². The summed E-state index contributed by atoms with van der Waals surface area (Å²) in [5.41, 5.74) is 4.06. The second kappa shape index (κ2) is 9.67. The fourth-order valence-electron chi connectivity index (χ4n) is 4.83. The van der Waals surface area contributed by atoms with Crippen LogP contribution in [0.4, 0.5) is 0 Å². The van der Waals surface area contributed by atoms with Crippen molar-refractivity contribution in [3.63, 3.8) is 0 Å². The average molecular weight is 572 g/mol. The summed E-state index contributed by atoms with van der Waals surface area (Å²) in [5.74, 6) is 2.70. The van der Waals surface area contributed by atoms with Gasteiger partial charge >= 0.3 is 0 Å². The van der Waals surface area contributed by atoms with Gasteiger partial charge in [0.1, 0.15) is 16.9 Å². The zero-order chi connectivity index (χ0) is 26.6. The van der Waals surface area contributed by atoms with E-state index in [9.17, 15) is 8.42 Å². The van der Waals surface area contributed by atoms with Gasteiger partial charge in [0, 0.05) is 34.1 Å². The molecule has 0 spiro atoms. The Morgan fingerprint density at radius 3 is 2.47 bits per heavy atom. The molecule has 3 aromatic heterocycles. The Labute approximate surface area is 229 Å². The van der Waals surface area contributed by atoms with E-state index in [0.717, 1.165) is 33.5 Å². The maximum Gasteiger partial charge on any atom is 0.230 e. The lowest BCUT2D eigenvalue weighted by Crippen LogP contribution is -2.39. The largest absolute Gasteiger partial charge is 0.424 e. The summed E-state index contributed by atoms with van der Waals surface area (Å²) in [5, 5.41) is 19.1. The molecule has 6 rings (SSSR count). The number of aliphatic imine (C=N–C) groups is 1. The number of fused-ring (bicyclic) bond motifs is 3. The van der Waals surface area contributed by atoms with Gasteiger partial charge in [-0.3, -0.25) is 14.5 Å². The number of benzene rings is 1. The highest BCUT2D eigenvalue weighted by atomic mass is 35.5. The van der Waals surface area contributed by atoms with Gasteiger partial charge in [0.15, 0.2) is 15.7 Å². The van der Waals surface area contributed by atoms with Gasteiger partial charge in [-0.25, -0.2) is 8.42 Å². The van der Waals surface area contributed by atoms with Gasteiger partial charge in [0.2, 0.25) is 11.8 Å². The third-order valence-corrected chi connectivity index (χ3v) is 10.1. The number of aryl methyl sites for hydroxylation is 2. The normalized spacial score (nSPS) is 19.1. The molecule has 13 heteroatoms. The first kappa shape index (κ1) is 25.4. The molecule has 0 unspecified atom stereocenters. The Morgan fingerprint density at radius 1 is 1.03 bits per heavy atom. The molecule has 1 saturated heterocycles. The topological polar surface area (TPSA) is 119 Å². The minimum Gasteiger partial charge on any atom is -0.424 e. The molecule has 1 atom stereocenters. The van der Waals surface area contributed by atoms with Crippen LogP contribution in [-0.2, 0) is 22.8 Å². The van der Waals surface area contributed by atoms with Gasteiger partial charge in [0.25, 0.3) is 0 Å². The van der Waals surface area contributed by atoms with Crippen LogP contribution in [0.5, 0.6) is 0 Å². The predicted octanol–water partition coefficient (Wildman–Crippen LogP) is 3.66. The number of hydrogen-bond donors (Lipinski definition) is 0. The zero-order valence-corrected chi connectivity index (χ0v) is 23.6. The molecule has 0 aliphatic carbocycles. The van der Waals surface area contributed by atoms with Gasteiger partial charge in [-0.2, -0.15) is 0 Å². The van der Waals surface area contributed by atoms with E-state index in [1.807, 2.05) is 36.1 Å². The molecule has 0 amide bonds. The summed E-state index contributed by atoms with van der Waals surface area (Å²) in [6, 6.07) is 7.30. The fraction of sp³-hybridized carbons (Fsp3) is 0.400. The quantitative estimate of drug-likeness (QED) is 0.356. The molecule has 5 heterocycles. The molecular formula is C25H26ClN7O3S2. The first-order valence-corrected chi connectivity index (χ1v) is 15.3. The summed E-state index contributed by atoms with van der Waals surface area (Å²) in [4.78, 5) is 8.46. The fourth-order valence-corrected chi connectivity index (χ4v) is 7.45. The summed E-state index contributed by atoms with van der Waals surface area (Å²) >= 11 is 7.90. The van der Waals surface area contributed by atoms with E-state index in [4.69, 9.17) is 21.0 Å². The van der Waals surface area contributed by atoms with Gasteiger partial charge in [-0.1, -0.05) is 23.7 Å². The Hall–Kier alpha value is -2.93. The van der Waals surface area contributed by atoms with E-state index in [0.29, 0.717) is 42.9 Å². The minimum atomic E-state index is -2.95. The molecule has 0 bridgehead atoms. The van der Waals surface area contributed by atoms with Crippen molar-refractivity contribution in [1.29, 1.82) is 0 Å². The zero-order valence-electron chi connectivity index (χ0n) is 21.2. The SMILES string of the molecule is Cc1sc2c(c1C)C(c1ccc(Cl)cc1)=N[C@@H](Cc1nnc(CN3CCS(=O)(=O)CC3)o1)c1nnc(C)n1-2. The lowest BCUT2D eigenvalue weighted by Gasteiger charge is -2.24. The minimum absolute atomic E-state index is 0.149. The predicted molar refractivity (Wildman–Crippen MR) is 145 cm³/mol. The van der Waals surface area contributed by atoms with Crippen molar-refractivity contribution in [3.8, 4) is 5.00 Å². The van der Waals surface area contributed by atoms with Gasteiger partial charge in [-0.15, -0.1) is 31.7 Å². The Morgan fingerprint density at radius 2 is 1.74 bits per heavy atom. The standard InChI is InChI=1S/C25H26ClN7O3S2/c1-14-15(2)37-25-22(14)23(17-4-6-18(26)7-5-17)27-19(24-31-28-16(3)33(24)25)12-20-29-30-21(36-20)13-32-8-10-38(34,35)11-9-32/h4-7,19H,8-13H2,1-3H3/t19-/m0/s1. The molecule has 198 valence electrons. The molecule has 2 aliphatic rings. The van der Waals surface area contributed by atoms with Gasteiger partial charge < -0.3 is 4.42 Å². The van der Waals surface area contributed by atoms with Crippen LogP contribution in [-0.4, -0.2) is 68.6 Å². The number of hydrogen-bond acceptors (Lipinski definition) is 10. The van der Waals surface area contributed by atoms with Crippen LogP contribution in [0.3, 0.4) is 0 Å². The smallest absolute Gasteiger partial charge is 0.230 e. The monoisotopic (exact) mass is 571 g/mol. The molecular weight excluding hydrogens is 546 g/mol. The van der Waals surface area contributed by atoms with Gasteiger partial charge in [0.05, 0.1) is 30.2 Å². The number of nitrogens with zero attached hydrogens (tertiary/aromatic N) is 7. The van der Waals surface area contributed by atoms with Crippen molar-refractivity contribution in [2.75, 3.05) is 24.6 Å². The maximum absolute atomic E-state index is 11.7. The Bertz CT molecular complexity index is 1640. The van der Waals surface area contributed by atoms with Crippen molar-refractivity contribution in [1.82, 2.24) is 29.9 Å². The lowest BCUT2D eigenvalue weighted by atomic mass is 9.99. The first-order valence-electron chi connectivity index (χ1n) is 12.3. The second-order valence-electron chi connectivity index (χ2n) is 9.63. The highest BCUT2D eigenvalue weighted by Crippen LogP contribution is 2.39. The molecule has 0 saturated carbocycles. The van der Waals surface area contributed by atoms with Crippen molar-refractivity contribution >= 4 is 38.5 Å². The molecule has 1 fully saturated rings. The van der Waals surface area contributed by atoms with E-state index in [1.54, 1.807) is 11.3 Å². The molecule has 38 heavy (non-hydrogen) atoms. The van der Waals surface area contributed by atoms with Crippen LogP contribution in [0.1, 0.15) is 51.0 Å². The van der Waals surface area contributed by atoms with Crippen molar-refractivity contribution in [2.45, 2.75) is 39.8 Å². The molecule has 0 radical (unpaired) electrons. The number of thiophene rings is 1. The van der Waals surface area contributed by atoms with Crippen LogP contribution in [0.15, 0.2) is 33.7 Å². The summed E-state index contributed by atoms with van der Waals surface area (Å²) in [7, 11) is -2.95. The number of aromatic nitrogens is 5. The van der Waals surface area contributed by atoms with E-state index in [1.165, 1.54) is 10.4 Å². The molecule has 2 aliphatic heterocycles. The Kier molecular flexibility index (Phi) is 6.45. The van der Waals surface area contributed by atoms with E-state index < -0.39 is 15.9 Å². The second-order valence-corrected chi connectivity index (χ2v) is 13.6. The molecule has 4 aromatic rings. The first-order chi connectivity index (χ1) is 18.2. The van der Waals surface area contributed by atoms with E-state index >= 15 is 0 Å². The third-order valence-electron chi connectivity index (χ3n) is 7.03. The average Bonchev–Trinajstić information content (AvgIpc) is 3.54. The van der Waals surface area contributed by atoms with E-state index in [-0.39, 0.29) is 11.5 Å². The highest BCUT2D eigenvalue weighted by Gasteiger charge is 2.32. The van der Waals surface area contributed by atoms with Crippen molar-refractivity contribution < 1.29 is 12.8 Å². The van der Waals surface area contributed by atoms with Crippen molar-refractivity contribution in [3.05, 3.63) is 74.3 Å². The summed E-state index contributed by atoms with van der Waals surface area (Å²) < 4.78 is 31.6. The van der Waals surface area contributed by atoms with Crippen LogP contribution in [0.25, 0.3) is 5.00 Å². The maximum atomic E-state index is 11.7. The molecule has 0 N–H and O–H groups in total. The lowest BCUT2D eigenvalue weighted by molar-refractivity contribution is 0.253.